The van der Waals surface area contributed by atoms with Crippen LogP contribution < -0.4 is 0 Å². The van der Waals surface area contributed by atoms with Gasteiger partial charge in [-0.2, -0.15) is 0 Å². The standard InChI is InChI=1S/C19H39O9P/c1-27-29(25,26)13-11-9-7-5-3-2-4-6-8-10-12-28-19-17(23)15(21)14(20)16(22)18(19)24/h14-24H,2-13H2,1H3,(H,25,26)/t14?,15-,16+,17-,18-,19?/m0/s1. The lowest BCUT2D eigenvalue weighted by Gasteiger charge is -2.41. The van der Waals surface area contributed by atoms with Gasteiger partial charge in [-0.05, 0) is 12.8 Å². The second-order valence-electron chi connectivity index (χ2n) is 7.87. The topological polar surface area (TPSA) is 157 Å². The molecule has 0 aromatic carbocycles. The molecule has 174 valence electrons. The van der Waals surface area contributed by atoms with Crippen LogP contribution in [0.1, 0.15) is 64.2 Å². The van der Waals surface area contributed by atoms with Gasteiger partial charge in [-0.1, -0.05) is 51.4 Å². The number of hydrogen-bond donors (Lipinski definition) is 6. The van der Waals surface area contributed by atoms with Crippen molar-refractivity contribution in [3.63, 3.8) is 0 Å². The summed E-state index contributed by atoms with van der Waals surface area (Å²) in [6.07, 6.45) is 1.43. The van der Waals surface area contributed by atoms with E-state index in [0.29, 0.717) is 13.0 Å². The van der Waals surface area contributed by atoms with Crippen LogP contribution in [0.3, 0.4) is 0 Å². The van der Waals surface area contributed by atoms with Gasteiger partial charge in [-0.3, -0.25) is 4.57 Å². The van der Waals surface area contributed by atoms with Gasteiger partial charge in [0.05, 0.1) is 0 Å². The average molecular weight is 442 g/mol. The Hall–Kier alpha value is -0.0900. The molecule has 1 aliphatic carbocycles. The summed E-state index contributed by atoms with van der Waals surface area (Å²) in [5.41, 5.74) is 0. The molecule has 3 unspecified atom stereocenters. The molecule has 0 bridgehead atoms. The molecular weight excluding hydrogens is 403 g/mol. The van der Waals surface area contributed by atoms with E-state index in [1.807, 2.05) is 0 Å². The van der Waals surface area contributed by atoms with E-state index < -0.39 is 44.2 Å². The first-order chi connectivity index (χ1) is 13.7. The minimum atomic E-state index is -3.35. The van der Waals surface area contributed by atoms with Gasteiger partial charge >= 0.3 is 7.60 Å². The third-order valence-electron chi connectivity index (χ3n) is 5.50. The monoisotopic (exact) mass is 442 g/mol. The van der Waals surface area contributed by atoms with Gasteiger partial charge in [0, 0.05) is 19.9 Å². The summed E-state index contributed by atoms with van der Waals surface area (Å²) in [6, 6.07) is 0. The van der Waals surface area contributed by atoms with Gasteiger partial charge in [-0.15, -0.1) is 0 Å². The molecule has 29 heavy (non-hydrogen) atoms. The van der Waals surface area contributed by atoms with Crippen molar-refractivity contribution in [1.29, 1.82) is 0 Å². The van der Waals surface area contributed by atoms with Gasteiger partial charge in [0.25, 0.3) is 0 Å². The van der Waals surface area contributed by atoms with Crippen LogP contribution in [0.25, 0.3) is 0 Å². The second-order valence-corrected chi connectivity index (χ2v) is 9.95. The number of aliphatic hydroxyl groups excluding tert-OH is 5. The molecule has 1 rings (SSSR count). The zero-order valence-corrected chi connectivity index (χ0v) is 18.2. The fourth-order valence-electron chi connectivity index (χ4n) is 3.53. The second kappa shape index (κ2) is 14.1. The van der Waals surface area contributed by atoms with Crippen LogP contribution in [0.15, 0.2) is 0 Å². The Morgan fingerprint density at radius 3 is 1.48 bits per heavy atom. The maximum atomic E-state index is 11.3. The number of unbranched alkanes of at least 4 members (excludes halogenated alkanes) is 9. The quantitative estimate of drug-likeness (QED) is 0.160. The largest absolute Gasteiger partial charge is 0.387 e. The predicted octanol–water partition coefficient (Wildman–Crippen LogP) is 0.922. The van der Waals surface area contributed by atoms with Crippen molar-refractivity contribution in [2.75, 3.05) is 19.9 Å². The van der Waals surface area contributed by atoms with Crippen molar-refractivity contribution in [1.82, 2.24) is 0 Å². The number of rotatable bonds is 15. The third-order valence-corrected chi connectivity index (χ3v) is 6.96. The molecule has 0 saturated heterocycles. The maximum Gasteiger partial charge on any atom is 0.327 e. The third kappa shape index (κ3) is 9.72. The van der Waals surface area contributed by atoms with Gasteiger partial charge in [-0.25, -0.2) is 0 Å². The number of hydrogen-bond acceptors (Lipinski definition) is 8. The van der Waals surface area contributed by atoms with Gasteiger partial charge in [0.2, 0.25) is 0 Å². The van der Waals surface area contributed by atoms with Crippen LogP contribution in [0.5, 0.6) is 0 Å². The Morgan fingerprint density at radius 2 is 1.03 bits per heavy atom. The Bertz CT molecular complexity index is 463. The zero-order chi connectivity index (χ0) is 21.9. The van der Waals surface area contributed by atoms with Gasteiger partial charge < -0.3 is 39.7 Å². The van der Waals surface area contributed by atoms with Crippen LogP contribution in [-0.2, 0) is 13.8 Å². The normalized spacial score (nSPS) is 32.2. The lowest BCUT2D eigenvalue weighted by molar-refractivity contribution is -0.235. The smallest absolute Gasteiger partial charge is 0.327 e. The van der Waals surface area contributed by atoms with Crippen molar-refractivity contribution in [3.05, 3.63) is 0 Å². The van der Waals surface area contributed by atoms with Crippen molar-refractivity contribution >= 4 is 7.60 Å². The van der Waals surface area contributed by atoms with Gasteiger partial charge in [0.1, 0.15) is 36.6 Å². The molecule has 0 spiro atoms. The molecule has 6 N–H and O–H groups in total. The van der Waals surface area contributed by atoms with E-state index >= 15 is 0 Å². The molecule has 0 aliphatic heterocycles. The lowest BCUT2D eigenvalue weighted by atomic mass is 9.85. The predicted molar refractivity (Wildman–Crippen MR) is 108 cm³/mol. The van der Waals surface area contributed by atoms with E-state index in [4.69, 9.17) is 4.74 Å². The highest BCUT2D eigenvalue weighted by atomic mass is 31.2. The van der Waals surface area contributed by atoms with E-state index in [1.165, 1.54) is 7.11 Å². The highest BCUT2D eigenvalue weighted by molar-refractivity contribution is 7.52. The summed E-state index contributed by atoms with van der Waals surface area (Å²) in [5, 5.41) is 48.6. The SMILES string of the molecule is COP(=O)(O)CCCCCCCCCCCCOC1[C@@H](O)[C@H](O)C(O)[C@H](O)[C@@H]1O. The summed E-state index contributed by atoms with van der Waals surface area (Å²) < 4.78 is 21.3. The molecule has 1 aliphatic rings. The molecule has 10 heteroatoms. The molecule has 0 heterocycles. The van der Waals surface area contributed by atoms with Crippen LogP contribution in [0, 0.1) is 0 Å². The van der Waals surface area contributed by atoms with Crippen LogP contribution in [0.2, 0.25) is 0 Å². The van der Waals surface area contributed by atoms with Crippen molar-refractivity contribution in [3.8, 4) is 0 Å². The molecule has 0 amide bonds. The van der Waals surface area contributed by atoms with Crippen molar-refractivity contribution in [2.24, 2.45) is 0 Å². The maximum absolute atomic E-state index is 11.3. The van der Waals surface area contributed by atoms with E-state index in [1.54, 1.807) is 0 Å². The lowest BCUT2D eigenvalue weighted by Crippen LogP contribution is -2.64. The first-order valence-corrected chi connectivity index (χ1v) is 12.4. The summed E-state index contributed by atoms with van der Waals surface area (Å²) in [7, 11) is -2.09. The fraction of sp³-hybridized carbons (Fsp3) is 1.00. The first kappa shape index (κ1) is 26.9. The summed E-state index contributed by atoms with van der Waals surface area (Å²) in [6.45, 7) is 0.296. The van der Waals surface area contributed by atoms with Crippen LogP contribution in [-0.4, -0.2) is 86.9 Å². The first-order valence-electron chi connectivity index (χ1n) is 10.6. The highest BCUT2D eigenvalue weighted by Crippen LogP contribution is 2.41. The highest BCUT2D eigenvalue weighted by Gasteiger charge is 2.48. The zero-order valence-electron chi connectivity index (χ0n) is 17.3. The molecule has 0 radical (unpaired) electrons. The van der Waals surface area contributed by atoms with E-state index in [2.05, 4.69) is 4.52 Å². The van der Waals surface area contributed by atoms with Crippen LogP contribution >= 0.6 is 7.60 Å². The van der Waals surface area contributed by atoms with E-state index in [0.717, 1.165) is 57.8 Å². The Labute approximate surface area is 173 Å². The minimum absolute atomic E-state index is 0.221. The van der Waals surface area contributed by atoms with E-state index in [-0.39, 0.29) is 6.16 Å². The van der Waals surface area contributed by atoms with Crippen molar-refractivity contribution in [2.45, 2.75) is 101 Å². The Kier molecular flexibility index (Phi) is 13.1. The molecule has 1 saturated carbocycles. The molecule has 7 atom stereocenters. The summed E-state index contributed by atoms with van der Waals surface area (Å²) in [4.78, 5) is 9.29. The number of aliphatic hydroxyl groups is 5. The average Bonchev–Trinajstić information content (AvgIpc) is 2.70. The van der Waals surface area contributed by atoms with Crippen LogP contribution in [0.4, 0.5) is 0 Å². The summed E-state index contributed by atoms with van der Waals surface area (Å²) >= 11 is 0. The summed E-state index contributed by atoms with van der Waals surface area (Å²) in [5.74, 6) is 0. The van der Waals surface area contributed by atoms with E-state index in [9.17, 15) is 35.0 Å². The minimum Gasteiger partial charge on any atom is -0.387 e. The number of ether oxygens (including phenoxy) is 1. The fourth-order valence-corrected chi connectivity index (χ4v) is 4.34. The molecule has 0 aromatic rings. The molecule has 1 fully saturated rings. The van der Waals surface area contributed by atoms with Crippen molar-refractivity contribution < 1.29 is 44.3 Å². The Morgan fingerprint density at radius 1 is 0.655 bits per heavy atom. The molecule has 0 aromatic heterocycles. The Balaban J connectivity index is 1.97. The van der Waals surface area contributed by atoms with Gasteiger partial charge in [0.15, 0.2) is 0 Å². The molecule has 9 nitrogen and oxygen atoms in total. The molecular formula is C19H39O9P.